The summed E-state index contributed by atoms with van der Waals surface area (Å²) >= 11 is 0. The third-order valence-corrected chi connectivity index (χ3v) is 5.62. The average Bonchev–Trinajstić information content (AvgIpc) is 3.08. The molecule has 0 spiro atoms. The number of hydrogen-bond donors (Lipinski definition) is 1. The molecule has 1 heterocycles. The molecule has 0 aliphatic carbocycles. The van der Waals surface area contributed by atoms with E-state index in [1.54, 1.807) is 33.3 Å². The first kappa shape index (κ1) is 26.4. The molecule has 2 rings (SSSR count). The van der Waals surface area contributed by atoms with E-state index >= 15 is 0 Å². The van der Waals surface area contributed by atoms with Gasteiger partial charge in [0.15, 0.2) is 17.3 Å². The monoisotopic (exact) mass is 459 g/mol. The Labute approximate surface area is 196 Å². The van der Waals surface area contributed by atoms with E-state index in [-0.39, 0.29) is 24.8 Å². The average molecular weight is 460 g/mol. The summed E-state index contributed by atoms with van der Waals surface area (Å²) in [5.74, 6) is 1.32. The van der Waals surface area contributed by atoms with Gasteiger partial charge in [0.1, 0.15) is 0 Å². The fourth-order valence-electron chi connectivity index (χ4n) is 3.84. The van der Waals surface area contributed by atoms with Crippen molar-refractivity contribution in [2.75, 3.05) is 54.6 Å². The Morgan fingerprint density at radius 2 is 1.76 bits per heavy atom. The zero-order valence-electron chi connectivity index (χ0n) is 20.7. The Hall–Kier alpha value is -2.84. The van der Waals surface area contributed by atoms with Gasteiger partial charge in [-0.15, -0.1) is 0 Å². The molecule has 0 bridgehead atoms. The Balaban J connectivity index is 1.96. The number of methoxy groups -OCH3 is 3. The molecule has 182 valence electrons. The summed E-state index contributed by atoms with van der Waals surface area (Å²) in [5.41, 5.74) is 3.81. The molecule has 0 aliphatic heterocycles. The summed E-state index contributed by atoms with van der Waals surface area (Å²) in [6.07, 6.45) is 1.56. The number of aromatic nitrogens is 1. The zero-order chi connectivity index (χ0) is 24.4. The molecular weight excluding hydrogens is 422 g/mol. The molecule has 8 heteroatoms. The summed E-state index contributed by atoms with van der Waals surface area (Å²) in [4.78, 5) is 26.7. The van der Waals surface area contributed by atoms with Gasteiger partial charge < -0.3 is 24.1 Å². The molecule has 8 nitrogen and oxygen atoms in total. The van der Waals surface area contributed by atoms with Crippen molar-refractivity contribution in [2.24, 2.45) is 0 Å². The van der Waals surface area contributed by atoms with Crippen LogP contribution in [0.25, 0.3) is 0 Å². The molecule has 1 aromatic heterocycles. The molecule has 0 atom stereocenters. The maximum Gasteiger partial charge on any atom is 0.234 e. The number of nitrogens with zero attached hydrogens (tertiary/aromatic N) is 2. The number of likely N-dealkylation sites (N-methyl/N-ethyl adjacent to an activating group) is 1. The van der Waals surface area contributed by atoms with Crippen LogP contribution in [0.2, 0.25) is 0 Å². The Morgan fingerprint density at radius 3 is 2.42 bits per heavy atom. The van der Waals surface area contributed by atoms with Crippen LogP contribution in [0.5, 0.6) is 11.5 Å². The molecular formula is C25H37N3O5. The normalized spacial score (nSPS) is 11.0. The van der Waals surface area contributed by atoms with Crippen LogP contribution in [0.4, 0.5) is 0 Å². The summed E-state index contributed by atoms with van der Waals surface area (Å²) in [7, 11) is 6.66. The van der Waals surface area contributed by atoms with Crippen molar-refractivity contribution in [3.8, 4) is 11.5 Å². The first-order valence-corrected chi connectivity index (χ1v) is 11.2. The Morgan fingerprint density at radius 1 is 1.03 bits per heavy atom. The van der Waals surface area contributed by atoms with Crippen molar-refractivity contribution in [2.45, 2.75) is 33.2 Å². The molecule has 1 aromatic carbocycles. The van der Waals surface area contributed by atoms with Crippen LogP contribution in [-0.4, -0.2) is 75.8 Å². The highest BCUT2D eigenvalue weighted by Crippen LogP contribution is 2.28. The fraction of sp³-hybridized carbons (Fsp3) is 0.520. The van der Waals surface area contributed by atoms with E-state index < -0.39 is 0 Å². The van der Waals surface area contributed by atoms with Crippen LogP contribution in [0, 0.1) is 13.8 Å². The number of ether oxygens (including phenoxy) is 3. The predicted octanol–water partition coefficient (Wildman–Crippen LogP) is 2.63. The van der Waals surface area contributed by atoms with Gasteiger partial charge in [0.25, 0.3) is 0 Å². The van der Waals surface area contributed by atoms with Gasteiger partial charge in [-0.3, -0.25) is 14.5 Å². The van der Waals surface area contributed by atoms with Crippen LogP contribution in [-0.2, 0) is 22.5 Å². The predicted molar refractivity (Wildman–Crippen MR) is 128 cm³/mol. The maximum atomic E-state index is 12.9. The quantitative estimate of drug-likeness (QED) is 0.346. The van der Waals surface area contributed by atoms with Gasteiger partial charge in [0.2, 0.25) is 5.91 Å². The van der Waals surface area contributed by atoms with Crippen molar-refractivity contribution in [1.82, 2.24) is 14.8 Å². The lowest BCUT2D eigenvalue weighted by Crippen LogP contribution is -2.38. The van der Waals surface area contributed by atoms with E-state index in [2.05, 4.69) is 9.88 Å². The van der Waals surface area contributed by atoms with Crippen LogP contribution in [0.3, 0.4) is 0 Å². The van der Waals surface area contributed by atoms with Gasteiger partial charge in [0, 0.05) is 43.8 Å². The summed E-state index contributed by atoms with van der Waals surface area (Å²) in [6, 6.07) is 7.85. The van der Waals surface area contributed by atoms with Crippen LogP contribution >= 0.6 is 0 Å². The number of benzene rings is 1. The van der Waals surface area contributed by atoms with Gasteiger partial charge in [-0.2, -0.15) is 0 Å². The van der Waals surface area contributed by atoms with Crippen LogP contribution in [0.15, 0.2) is 24.3 Å². The second-order valence-corrected chi connectivity index (χ2v) is 8.17. The molecule has 0 unspecified atom stereocenters. The second-order valence-electron chi connectivity index (χ2n) is 8.17. The number of aryl methyl sites for hydroxylation is 2. The molecule has 33 heavy (non-hydrogen) atoms. The lowest BCUT2D eigenvalue weighted by Gasteiger charge is -2.16. The van der Waals surface area contributed by atoms with Crippen molar-refractivity contribution < 1.29 is 23.8 Å². The van der Waals surface area contributed by atoms with E-state index in [4.69, 9.17) is 14.2 Å². The maximum absolute atomic E-state index is 12.9. The zero-order valence-corrected chi connectivity index (χ0v) is 20.7. The van der Waals surface area contributed by atoms with E-state index in [1.165, 1.54) is 0 Å². The molecule has 0 saturated carbocycles. The summed E-state index contributed by atoms with van der Waals surface area (Å²) in [5, 5.41) is 2.84. The molecule has 0 aliphatic rings. The van der Waals surface area contributed by atoms with Gasteiger partial charge in [0.05, 0.1) is 27.3 Å². The summed E-state index contributed by atoms with van der Waals surface area (Å²) < 4.78 is 17.8. The number of ketones is 1. The Kier molecular flexibility index (Phi) is 10.4. The van der Waals surface area contributed by atoms with E-state index in [1.807, 2.05) is 38.1 Å². The number of hydrogen-bond acceptors (Lipinski definition) is 6. The number of carbonyl (C=O) groups is 2. The molecule has 0 saturated heterocycles. The number of Topliss-reactive ketones (excluding diaryl/α,β-unsaturated/α-hetero) is 1. The lowest BCUT2D eigenvalue weighted by molar-refractivity contribution is -0.121. The fourth-order valence-corrected chi connectivity index (χ4v) is 3.84. The lowest BCUT2D eigenvalue weighted by atomic mass is 10.1. The highest BCUT2D eigenvalue weighted by molar-refractivity contribution is 5.99. The molecule has 2 aromatic rings. The van der Waals surface area contributed by atoms with Crippen molar-refractivity contribution in [1.29, 1.82) is 0 Å². The number of amides is 1. The molecule has 1 N–H and O–H groups in total. The number of rotatable bonds is 14. The molecule has 1 amide bonds. The molecule has 0 radical (unpaired) electrons. The number of nitrogens with one attached hydrogen (secondary N) is 1. The minimum atomic E-state index is -0.0956. The SMILES string of the molecule is COCCCNC(=O)CN(C)CC(=O)c1cc(C)n(CCc2ccc(OC)c(OC)c2)c1C. The molecule has 0 fully saturated rings. The van der Waals surface area contributed by atoms with Gasteiger partial charge in [-0.25, -0.2) is 0 Å². The van der Waals surface area contributed by atoms with E-state index in [0.717, 1.165) is 36.3 Å². The first-order valence-electron chi connectivity index (χ1n) is 11.2. The highest BCUT2D eigenvalue weighted by Gasteiger charge is 2.18. The first-order chi connectivity index (χ1) is 15.8. The summed E-state index contributed by atoms with van der Waals surface area (Å²) in [6.45, 7) is 6.27. The van der Waals surface area contributed by atoms with Crippen LogP contribution < -0.4 is 14.8 Å². The Bertz CT molecular complexity index is 938. The van der Waals surface area contributed by atoms with Gasteiger partial charge in [-0.1, -0.05) is 6.07 Å². The standard InChI is InChI=1S/C25H37N3O5/c1-18-14-21(22(29)16-27(3)17-25(30)26-11-7-13-31-4)19(2)28(18)12-10-20-8-9-23(32-5)24(15-20)33-6/h8-9,14-15H,7,10-13,16-17H2,1-6H3,(H,26,30). The topological polar surface area (TPSA) is 82.0 Å². The minimum absolute atomic E-state index is 0.00940. The third kappa shape index (κ3) is 7.61. The number of carbonyl (C=O) groups excluding carboxylic acids is 2. The smallest absolute Gasteiger partial charge is 0.234 e. The van der Waals surface area contributed by atoms with Gasteiger partial charge in [-0.05, 0) is 57.5 Å². The second kappa shape index (κ2) is 13.0. The van der Waals surface area contributed by atoms with Crippen LogP contribution in [0.1, 0.15) is 33.7 Å². The van der Waals surface area contributed by atoms with Crippen molar-refractivity contribution in [3.63, 3.8) is 0 Å². The van der Waals surface area contributed by atoms with Crippen molar-refractivity contribution in [3.05, 3.63) is 46.8 Å². The van der Waals surface area contributed by atoms with E-state index in [9.17, 15) is 9.59 Å². The largest absolute Gasteiger partial charge is 0.493 e. The third-order valence-electron chi connectivity index (χ3n) is 5.62. The van der Waals surface area contributed by atoms with E-state index in [0.29, 0.717) is 30.2 Å². The van der Waals surface area contributed by atoms with Gasteiger partial charge >= 0.3 is 0 Å². The van der Waals surface area contributed by atoms with Crippen molar-refractivity contribution >= 4 is 11.7 Å². The highest BCUT2D eigenvalue weighted by atomic mass is 16.5. The minimum Gasteiger partial charge on any atom is -0.493 e.